The van der Waals surface area contributed by atoms with E-state index in [1.54, 1.807) is 41.6 Å². The fourth-order valence-electron chi connectivity index (χ4n) is 3.46. The van der Waals surface area contributed by atoms with Gasteiger partial charge in [-0.15, -0.1) is 0 Å². The smallest absolute Gasteiger partial charge is 0.341 e. The fraction of sp³-hybridized carbons (Fsp3) is 0.429. The molecule has 1 aromatic carbocycles. The molecular formula is C21H27N5O4. The Balaban J connectivity index is 1.63. The Morgan fingerprint density at radius 2 is 2.13 bits per heavy atom. The summed E-state index contributed by atoms with van der Waals surface area (Å²) in [4.78, 5) is 37.9. The molecule has 3 rings (SSSR count). The molecule has 0 saturated carbocycles. The number of anilines is 1. The molecule has 0 radical (unpaired) electrons. The molecule has 1 aliphatic heterocycles. The van der Waals surface area contributed by atoms with E-state index < -0.39 is 5.97 Å². The molecule has 2 heterocycles. The zero-order valence-electron chi connectivity index (χ0n) is 17.5. The van der Waals surface area contributed by atoms with Gasteiger partial charge in [0.2, 0.25) is 5.91 Å². The van der Waals surface area contributed by atoms with Crippen molar-refractivity contribution in [2.75, 3.05) is 25.0 Å². The summed E-state index contributed by atoms with van der Waals surface area (Å²) in [5.74, 6) is -0.283. The minimum atomic E-state index is -0.416. The third-order valence-corrected chi connectivity index (χ3v) is 4.90. The van der Waals surface area contributed by atoms with Crippen LogP contribution in [0.5, 0.6) is 0 Å². The van der Waals surface area contributed by atoms with Gasteiger partial charge in [-0.3, -0.25) is 4.79 Å². The molecular weight excluding hydrogens is 386 g/mol. The minimum Gasteiger partial charge on any atom is -0.462 e. The van der Waals surface area contributed by atoms with E-state index in [4.69, 9.17) is 4.74 Å². The second kappa shape index (κ2) is 9.43. The molecule has 1 fully saturated rings. The molecule has 0 bridgehead atoms. The monoisotopic (exact) mass is 413 g/mol. The van der Waals surface area contributed by atoms with Crippen LogP contribution in [-0.4, -0.2) is 58.3 Å². The molecule has 1 aliphatic rings. The van der Waals surface area contributed by atoms with Crippen LogP contribution in [0.1, 0.15) is 42.7 Å². The van der Waals surface area contributed by atoms with Gasteiger partial charge in [-0.1, -0.05) is 6.07 Å². The number of hydrogen-bond donors (Lipinski definition) is 2. The Morgan fingerprint density at radius 1 is 1.33 bits per heavy atom. The Hall–Kier alpha value is -3.36. The standard InChI is InChI=1S/C21H27N5O4/c1-4-30-20(28)18-12-22-26(15(18)3)17-8-5-7-16(11-17)24-21(29)23-14(2)13-25-10-6-9-19(25)27/h5,7-8,11-12,14H,4,6,9-10,13H2,1-3H3,(H2,23,24,29)/t14-/m0/s1. The number of likely N-dealkylation sites (tertiary alicyclic amines) is 1. The number of benzene rings is 1. The third-order valence-electron chi connectivity index (χ3n) is 4.90. The summed E-state index contributed by atoms with van der Waals surface area (Å²) in [7, 11) is 0. The predicted octanol–water partition coefficient (Wildman–Crippen LogP) is 2.49. The maximum Gasteiger partial charge on any atom is 0.341 e. The number of esters is 1. The Bertz CT molecular complexity index is 939. The molecule has 160 valence electrons. The lowest BCUT2D eigenvalue weighted by Crippen LogP contribution is -2.44. The van der Waals surface area contributed by atoms with Crippen LogP contribution in [-0.2, 0) is 9.53 Å². The van der Waals surface area contributed by atoms with E-state index in [1.807, 2.05) is 13.0 Å². The lowest BCUT2D eigenvalue weighted by molar-refractivity contribution is -0.127. The van der Waals surface area contributed by atoms with E-state index in [0.717, 1.165) is 13.0 Å². The van der Waals surface area contributed by atoms with Crippen molar-refractivity contribution < 1.29 is 19.1 Å². The van der Waals surface area contributed by atoms with Gasteiger partial charge in [0.25, 0.3) is 0 Å². The van der Waals surface area contributed by atoms with Crippen LogP contribution in [0, 0.1) is 6.92 Å². The summed E-state index contributed by atoms with van der Waals surface area (Å²) >= 11 is 0. The number of hydrogen-bond acceptors (Lipinski definition) is 5. The number of carbonyl (C=O) groups excluding carboxylic acids is 3. The van der Waals surface area contributed by atoms with Crippen molar-refractivity contribution in [2.45, 2.75) is 39.7 Å². The number of ether oxygens (including phenoxy) is 1. The van der Waals surface area contributed by atoms with E-state index in [2.05, 4.69) is 15.7 Å². The first-order valence-electron chi connectivity index (χ1n) is 10.1. The van der Waals surface area contributed by atoms with Gasteiger partial charge < -0.3 is 20.3 Å². The molecule has 9 nitrogen and oxygen atoms in total. The SMILES string of the molecule is CCOC(=O)c1cnn(-c2cccc(NC(=O)N[C@@H](C)CN3CCCC3=O)c2)c1C. The zero-order valence-corrected chi connectivity index (χ0v) is 17.5. The predicted molar refractivity (Wildman–Crippen MR) is 112 cm³/mol. The molecule has 1 aromatic heterocycles. The van der Waals surface area contributed by atoms with Crippen LogP contribution < -0.4 is 10.6 Å². The molecule has 0 aliphatic carbocycles. The van der Waals surface area contributed by atoms with Crippen molar-refractivity contribution in [3.8, 4) is 5.69 Å². The second-order valence-electron chi connectivity index (χ2n) is 7.27. The van der Waals surface area contributed by atoms with Gasteiger partial charge in [-0.05, 0) is 45.4 Å². The lowest BCUT2D eigenvalue weighted by Gasteiger charge is -2.21. The number of urea groups is 1. The number of carbonyl (C=O) groups is 3. The zero-order chi connectivity index (χ0) is 21.7. The average molecular weight is 413 g/mol. The molecule has 9 heteroatoms. The first kappa shape index (κ1) is 21.4. The summed E-state index contributed by atoms with van der Waals surface area (Å²) in [6.07, 6.45) is 2.92. The topological polar surface area (TPSA) is 106 Å². The largest absolute Gasteiger partial charge is 0.462 e. The highest BCUT2D eigenvalue weighted by Gasteiger charge is 2.22. The maximum atomic E-state index is 12.3. The van der Waals surface area contributed by atoms with Crippen LogP contribution in [0.15, 0.2) is 30.5 Å². The van der Waals surface area contributed by atoms with Crippen molar-refractivity contribution in [1.29, 1.82) is 0 Å². The number of aromatic nitrogens is 2. The van der Waals surface area contributed by atoms with Gasteiger partial charge in [-0.2, -0.15) is 5.10 Å². The molecule has 3 amide bonds. The maximum absolute atomic E-state index is 12.3. The summed E-state index contributed by atoms with van der Waals surface area (Å²) in [5.41, 5.74) is 2.34. The Morgan fingerprint density at radius 3 is 2.83 bits per heavy atom. The minimum absolute atomic E-state index is 0.133. The van der Waals surface area contributed by atoms with Crippen molar-refractivity contribution >= 4 is 23.6 Å². The van der Waals surface area contributed by atoms with E-state index >= 15 is 0 Å². The van der Waals surface area contributed by atoms with E-state index in [9.17, 15) is 14.4 Å². The van der Waals surface area contributed by atoms with E-state index in [0.29, 0.717) is 42.2 Å². The van der Waals surface area contributed by atoms with Crippen molar-refractivity contribution in [2.24, 2.45) is 0 Å². The van der Waals surface area contributed by atoms with E-state index in [-0.39, 0.29) is 18.0 Å². The van der Waals surface area contributed by atoms with Crippen LogP contribution in [0.2, 0.25) is 0 Å². The summed E-state index contributed by atoms with van der Waals surface area (Å²) in [5, 5.41) is 9.93. The first-order valence-corrected chi connectivity index (χ1v) is 10.1. The van der Waals surface area contributed by atoms with Gasteiger partial charge in [0, 0.05) is 31.2 Å². The quantitative estimate of drug-likeness (QED) is 0.679. The number of nitrogens with one attached hydrogen (secondary N) is 2. The molecule has 2 N–H and O–H groups in total. The summed E-state index contributed by atoms with van der Waals surface area (Å²) < 4.78 is 6.67. The molecule has 2 aromatic rings. The normalized spacial score (nSPS) is 14.5. The average Bonchev–Trinajstić information content (AvgIpc) is 3.27. The van der Waals surface area contributed by atoms with Gasteiger partial charge in [-0.25, -0.2) is 14.3 Å². The first-order chi connectivity index (χ1) is 14.4. The molecule has 0 spiro atoms. The Kier molecular flexibility index (Phi) is 6.71. The van der Waals surface area contributed by atoms with Crippen molar-refractivity contribution in [1.82, 2.24) is 20.0 Å². The summed E-state index contributed by atoms with van der Waals surface area (Å²) in [6, 6.07) is 6.64. The van der Waals surface area contributed by atoms with Gasteiger partial charge in [0.1, 0.15) is 5.56 Å². The number of amides is 3. The van der Waals surface area contributed by atoms with Crippen LogP contribution >= 0.6 is 0 Å². The molecule has 1 atom stereocenters. The van der Waals surface area contributed by atoms with Gasteiger partial charge >= 0.3 is 12.0 Å². The van der Waals surface area contributed by atoms with Crippen molar-refractivity contribution in [3.63, 3.8) is 0 Å². The van der Waals surface area contributed by atoms with Crippen LogP contribution in [0.4, 0.5) is 10.5 Å². The molecule has 0 unspecified atom stereocenters. The number of rotatable bonds is 7. The Labute approximate surface area is 175 Å². The van der Waals surface area contributed by atoms with E-state index in [1.165, 1.54) is 6.20 Å². The molecule has 1 saturated heterocycles. The number of nitrogens with zero attached hydrogens (tertiary/aromatic N) is 3. The van der Waals surface area contributed by atoms with Gasteiger partial charge in [0.05, 0.1) is 24.2 Å². The van der Waals surface area contributed by atoms with Gasteiger partial charge in [0.15, 0.2) is 0 Å². The third kappa shape index (κ3) is 4.97. The molecule has 30 heavy (non-hydrogen) atoms. The lowest BCUT2D eigenvalue weighted by atomic mass is 10.2. The van der Waals surface area contributed by atoms with Crippen LogP contribution in [0.25, 0.3) is 5.69 Å². The highest BCUT2D eigenvalue weighted by molar-refractivity contribution is 5.91. The second-order valence-corrected chi connectivity index (χ2v) is 7.27. The summed E-state index contributed by atoms with van der Waals surface area (Å²) in [6.45, 7) is 6.93. The van der Waals surface area contributed by atoms with Crippen LogP contribution in [0.3, 0.4) is 0 Å². The highest BCUT2D eigenvalue weighted by atomic mass is 16.5. The highest BCUT2D eigenvalue weighted by Crippen LogP contribution is 2.19. The van der Waals surface area contributed by atoms with Crippen molar-refractivity contribution in [3.05, 3.63) is 41.7 Å². The fourth-order valence-corrected chi connectivity index (χ4v) is 3.46.